The Morgan fingerprint density at radius 1 is 1.09 bits per heavy atom. The molecule has 0 atom stereocenters. The molecule has 7 heteroatoms. The van der Waals surface area contributed by atoms with E-state index >= 15 is 0 Å². The molecule has 170 valence electrons. The van der Waals surface area contributed by atoms with Gasteiger partial charge in [-0.3, -0.25) is 14.2 Å². The van der Waals surface area contributed by atoms with Gasteiger partial charge in [-0.1, -0.05) is 35.9 Å². The first-order chi connectivity index (χ1) is 16.0. The van der Waals surface area contributed by atoms with Crippen LogP contribution in [0.1, 0.15) is 40.2 Å². The Labute approximate surface area is 197 Å². The van der Waals surface area contributed by atoms with Crippen molar-refractivity contribution in [3.63, 3.8) is 0 Å². The zero-order chi connectivity index (χ0) is 23.4. The molecule has 1 N–H and O–H groups in total. The van der Waals surface area contributed by atoms with Gasteiger partial charge in [-0.25, -0.2) is 4.98 Å². The van der Waals surface area contributed by atoms with E-state index in [1.807, 2.05) is 62.5 Å². The highest BCUT2D eigenvalue weighted by Gasteiger charge is 2.17. The number of amides is 1. The minimum Gasteiger partial charge on any atom is -0.347 e. The Morgan fingerprint density at radius 2 is 1.85 bits per heavy atom. The lowest BCUT2D eigenvalue weighted by Gasteiger charge is -2.24. The maximum Gasteiger partial charge on any atom is 0.263 e. The van der Waals surface area contributed by atoms with E-state index < -0.39 is 0 Å². The van der Waals surface area contributed by atoms with Crippen molar-refractivity contribution in [2.24, 2.45) is 0 Å². The standard InChI is InChI=1S/C26H28N4O2S/c1-4-29(5-2)26-28-23-15-20(24(31)27-16-21-7-6-14-33-21)12-13-22(23)25(32)30(26)17-19-10-8-18(3)9-11-19/h6-15H,4-5,16-17H2,1-3H3,(H,27,31). The molecule has 33 heavy (non-hydrogen) atoms. The number of fused-ring (bicyclic) bond motifs is 1. The summed E-state index contributed by atoms with van der Waals surface area (Å²) in [5.41, 5.74) is 3.14. The highest BCUT2D eigenvalue weighted by molar-refractivity contribution is 7.09. The minimum absolute atomic E-state index is 0.104. The average Bonchev–Trinajstić information content (AvgIpc) is 3.35. The molecule has 1 amide bonds. The number of nitrogens with one attached hydrogen (secondary N) is 1. The second-order valence-corrected chi connectivity index (χ2v) is 8.99. The summed E-state index contributed by atoms with van der Waals surface area (Å²) in [5.74, 6) is 0.439. The summed E-state index contributed by atoms with van der Waals surface area (Å²) in [7, 11) is 0. The van der Waals surface area contributed by atoms with Crippen LogP contribution in [-0.2, 0) is 13.1 Å². The van der Waals surface area contributed by atoms with Crippen LogP contribution in [-0.4, -0.2) is 28.5 Å². The van der Waals surface area contributed by atoms with Crippen molar-refractivity contribution < 1.29 is 4.79 Å². The van der Waals surface area contributed by atoms with Crippen LogP contribution < -0.4 is 15.8 Å². The van der Waals surface area contributed by atoms with Gasteiger partial charge in [-0.2, -0.15) is 0 Å². The molecule has 2 aromatic heterocycles. The fraction of sp³-hybridized carbons (Fsp3) is 0.269. The molecule has 0 saturated heterocycles. The quantitative estimate of drug-likeness (QED) is 0.418. The number of hydrogen-bond acceptors (Lipinski definition) is 5. The lowest BCUT2D eigenvalue weighted by atomic mass is 10.1. The average molecular weight is 461 g/mol. The molecular formula is C26H28N4O2S. The molecule has 2 heterocycles. The molecule has 0 bridgehead atoms. The molecule has 4 rings (SSSR count). The summed E-state index contributed by atoms with van der Waals surface area (Å²) in [6.07, 6.45) is 0. The summed E-state index contributed by atoms with van der Waals surface area (Å²) in [6, 6.07) is 17.2. The smallest absolute Gasteiger partial charge is 0.263 e. The first-order valence-electron chi connectivity index (χ1n) is 11.2. The van der Waals surface area contributed by atoms with E-state index in [0.717, 1.165) is 23.5 Å². The number of nitrogens with zero attached hydrogens (tertiary/aromatic N) is 3. The number of rotatable bonds is 8. The van der Waals surface area contributed by atoms with Gasteiger partial charge in [-0.05, 0) is 56.0 Å². The molecule has 0 saturated carbocycles. The van der Waals surface area contributed by atoms with Crippen molar-refractivity contribution in [3.8, 4) is 0 Å². The molecule has 0 spiro atoms. The number of aromatic nitrogens is 2. The van der Waals surface area contributed by atoms with Crippen molar-refractivity contribution in [2.75, 3.05) is 18.0 Å². The third kappa shape index (κ3) is 4.98. The third-order valence-electron chi connectivity index (χ3n) is 5.71. The van der Waals surface area contributed by atoms with Crippen LogP contribution in [0.3, 0.4) is 0 Å². The molecule has 0 unspecified atom stereocenters. The summed E-state index contributed by atoms with van der Waals surface area (Å²) < 4.78 is 1.73. The van der Waals surface area contributed by atoms with Crippen LogP contribution >= 0.6 is 11.3 Å². The minimum atomic E-state index is -0.180. The molecule has 0 aliphatic rings. The molecule has 4 aromatic rings. The van der Waals surface area contributed by atoms with Crippen LogP contribution in [0.5, 0.6) is 0 Å². The molecule has 0 aliphatic carbocycles. The summed E-state index contributed by atoms with van der Waals surface area (Å²) >= 11 is 1.60. The van der Waals surface area contributed by atoms with E-state index in [2.05, 4.69) is 10.2 Å². The van der Waals surface area contributed by atoms with Crippen LogP contribution in [0.2, 0.25) is 0 Å². The van der Waals surface area contributed by atoms with Gasteiger partial charge in [0.1, 0.15) is 0 Å². The Balaban J connectivity index is 1.73. The number of carbonyl (C=O) groups excluding carboxylic acids is 1. The number of hydrogen-bond donors (Lipinski definition) is 1. The highest BCUT2D eigenvalue weighted by atomic mass is 32.1. The van der Waals surface area contributed by atoms with E-state index in [1.165, 1.54) is 5.56 Å². The Hall–Kier alpha value is -3.45. The third-order valence-corrected chi connectivity index (χ3v) is 6.58. The molecular weight excluding hydrogens is 432 g/mol. The predicted octanol–water partition coefficient (Wildman–Crippen LogP) is 4.59. The molecule has 0 radical (unpaired) electrons. The molecule has 2 aromatic carbocycles. The van der Waals surface area contributed by atoms with Crippen molar-refractivity contribution in [1.82, 2.24) is 14.9 Å². The SMILES string of the molecule is CCN(CC)c1nc2cc(C(=O)NCc3cccs3)ccc2c(=O)n1Cc1ccc(C)cc1. The zero-order valence-corrected chi connectivity index (χ0v) is 20.0. The molecule has 6 nitrogen and oxygen atoms in total. The fourth-order valence-corrected chi connectivity index (χ4v) is 4.44. The monoisotopic (exact) mass is 460 g/mol. The lowest BCUT2D eigenvalue weighted by molar-refractivity contribution is 0.0951. The van der Waals surface area contributed by atoms with Gasteiger partial charge in [0, 0.05) is 23.5 Å². The molecule has 0 aliphatic heterocycles. The largest absolute Gasteiger partial charge is 0.347 e. The van der Waals surface area contributed by atoms with Crippen molar-refractivity contribution in [2.45, 2.75) is 33.9 Å². The van der Waals surface area contributed by atoms with Gasteiger partial charge in [0.2, 0.25) is 5.95 Å². The van der Waals surface area contributed by atoms with E-state index in [4.69, 9.17) is 4.98 Å². The van der Waals surface area contributed by atoms with E-state index in [0.29, 0.717) is 35.5 Å². The van der Waals surface area contributed by atoms with Gasteiger partial charge in [-0.15, -0.1) is 11.3 Å². The summed E-state index contributed by atoms with van der Waals surface area (Å²) in [5, 5.41) is 5.43. The number of thiophene rings is 1. The second-order valence-electron chi connectivity index (χ2n) is 7.95. The number of carbonyl (C=O) groups is 1. The number of benzene rings is 2. The van der Waals surface area contributed by atoms with Crippen molar-refractivity contribution >= 4 is 34.1 Å². The van der Waals surface area contributed by atoms with Crippen molar-refractivity contribution in [1.29, 1.82) is 0 Å². The number of aryl methyl sites for hydroxylation is 1. The fourth-order valence-electron chi connectivity index (χ4n) is 3.80. The Kier molecular flexibility index (Phi) is 6.89. The summed E-state index contributed by atoms with van der Waals surface area (Å²) in [4.78, 5) is 34.2. The topological polar surface area (TPSA) is 67.2 Å². The predicted molar refractivity (Wildman–Crippen MR) is 135 cm³/mol. The normalized spacial score (nSPS) is 11.0. The zero-order valence-electron chi connectivity index (χ0n) is 19.2. The highest BCUT2D eigenvalue weighted by Crippen LogP contribution is 2.19. The summed E-state index contributed by atoms with van der Waals surface area (Å²) in [6.45, 7) is 8.51. The first kappa shape index (κ1) is 22.7. The van der Waals surface area contributed by atoms with Gasteiger partial charge in [0.05, 0.1) is 24.0 Å². The Bertz CT molecular complexity index is 1310. The first-order valence-corrected chi connectivity index (χ1v) is 12.0. The van der Waals surface area contributed by atoms with Gasteiger partial charge in [0.15, 0.2) is 0 Å². The van der Waals surface area contributed by atoms with E-state index in [9.17, 15) is 9.59 Å². The van der Waals surface area contributed by atoms with Crippen LogP contribution in [0, 0.1) is 6.92 Å². The maximum absolute atomic E-state index is 13.5. The second kappa shape index (κ2) is 10.0. The van der Waals surface area contributed by atoms with Crippen LogP contribution in [0.4, 0.5) is 5.95 Å². The number of anilines is 1. The van der Waals surface area contributed by atoms with Gasteiger partial charge < -0.3 is 10.2 Å². The van der Waals surface area contributed by atoms with Gasteiger partial charge >= 0.3 is 0 Å². The maximum atomic E-state index is 13.5. The lowest BCUT2D eigenvalue weighted by Crippen LogP contribution is -2.33. The molecule has 0 fully saturated rings. The van der Waals surface area contributed by atoms with E-state index in [-0.39, 0.29) is 11.5 Å². The van der Waals surface area contributed by atoms with E-state index in [1.54, 1.807) is 34.1 Å². The van der Waals surface area contributed by atoms with Crippen LogP contribution in [0.15, 0.2) is 64.8 Å². The van der Waals surface area contributed by atoms with Crippen LogP contribution in [0.25, 0.3) is 10.9 Å². The van der Waals surface area contributed by atoms with Crippen molar-refractivity contribution in [3.05, 3.63) is 91.9 Å². The Morgan fingerprint density at radius 3 is 2.52 bits per heavy atom. The van der Waals surface area contributed by atoms with Gasteiger partial charge in [0.25, 0.3) is 11.5 Å².